The van der Waals surface area contributed by atoms with Crippen LogP contribution >= 0.6 is 11.6 Å². The third-order valence-corrected chi connectivity index (χ3v) is 4.63. The molecule has 0 radical (unpaired) electrons. The first-order valence-electron chi connectivity index (χ1n) is 5.59. The lowest BCUT2D eigenvalue weighted by atomic mass is 9.98. The first-order valence-corrected chi connectivity index (χ1v) is 7.12. The van der Waals surface area contributed by atoms with Crippen LogP contribution in [0.25, 0.3) is 0 Å². The number of anilines is 1. The Morgan fingerprint density at radius 1 is 1.32 bits per heavy atom. The van der Waals surface area contributed by atoms with Gasteiger partial charge < -0.3 is 5.73 Å². The van der Waals surface area contributed by atoms with E-state index in [4.69, 9.17) is 17.3 Å². The Balaban J connectivity index is 2.20. The van der Waals surface area contributed by atoms with Crippen molar-refractivity contribution in [3.63, 3.8) is 0 Å². The normalized spacial score (nSPS) is 21.4. The molecule has 6 heteroatoms. The van der Waals surface area contributed by atoms with Crippen molar-refractivity contribution >= 4 is 28.3 Å². The summed E-state index contributed by atoms with van der Waals surface area (Å²) in [6.07, 6.45) is 0. The van der Waals surface area contributed by atoms with E-state index >= 15 is 0 Å². The van der Waals surface area contributed by atoms with Gasteiger partial charge in [-0.3, -0.25) is 0 Å². The average molecular weight is 297 g/mol. The van der Waals surface area contributed by atoms with Gasteiger partial charge in [0.25, 0.3) is 0 Å². The van der Waals surface area contributed by atoms with Crippen LogP contribution < -0.4 is 10.5 Å². The molecule has 0 aliphatic carbocycles. The molecule has 19 heavy (non-hydrogen) atoms. The fourth-order valence-corrected chi connectivity index (χ4v) is 3.67. The number of nitrogen functional groups attached to an aromatic ring is 1. The van der Waals surface area contributed by atoms with Crippen molar-refractivity contribution in [2.24, 2.45) is 0 Å². The van der Waals surface area contributed by atoms with Crippen LogP contribution in [0.1, 0.15) is 17.2 Å². The quantitative estimate of drug-likeness (QED) is 0.795. The van der Waals surface area contributed by atoms with Gasteiger partial charge in [0.05, 0.1) is 10.9 Å². The Bertz CT molecular complexity index is 692. The Morgan fingerprint density at radius 3 is 2.89 bits per heavy atom. The monoisotopic (exact) mass is 296 g/mol. The summed E-state index contributed by atoms with van der Waals surface area (Å²) >= 11 is 6.10. The van der Waals surface area contributed by atoms with Crippen LogP contribution in [0.15, 0.2) is 41.3 Å². The van der Waals surface area contributed by atoms with Crippen LogP contribution in [0.4, 0.5) is 10.1 Å². The van der Waals surface area contributed by atoms with E-state index in [-0.39, 0.29) is 0 Å². The maximum absolute atomic E-state index is 13.4. The second kappa shape index (κ2) is 4.59. The number of halogens is 2. The minimum absolute atomic E-state index is 0.394. The Labute approximate surface area is 117 Å². The SMILES string of the molecule is Nc1cccc2c1C(c1cc(F)ccc1Cl)NS2=O. The van der Waals surface area contributed by atoms with E-state index in [9.17, 15) is 8.60 Å². The topological polar surface area (TPSA) is 55.1 Å². The third-order valence-electron chi connectivity index (χ3n) is 3.08. The van der Waals surface area contributed by atoms with Gasteiger partial charge in [-0.25, -0.2) is 13.3 Å². The Hall–Kier alpha value is -1.43. The molecule has 98 valence electrons. The highest BCUT2D eigenvalue weighted by atomic mass is 35.5. The highest BCUT2D eigenvalue weighted by Crippen LogP contribution is 2.39. The maximum atomic E-state index is 13.4. The van der Waals surface area contributed by atoms with Crippen LogP contribution in [-0.2, 0) is 11.0 Å². The molecule has 3 rings (SSSR count). The first-order chi connectivity index (χ1) is 9.08. The minimum Gasteiger partial charge on any atom is -0.398 e. The van der Waals surface area contributed by atoms with E-state index in [0.717, 1.165) is 0 Å². The van der Waals surface area contributed by atoms with Crippen LogP contribution in [0.3, 0.4) is 0 Å². The Kier molecular flexibility index (Phi) is 3.05. The molecule has 1 heterocycles. The standard InChI is InChI=1S/C13H10ClFN2OS/c14-9-5-4-7(15)6-8(9)13-12-10(16)2-1-3-11(12)19(18)17-13/h1-6,13,17H,16H2. The van der Waals surface area contributed by atoms with E-state index in [1.807, 2.05) is 0 Å². The molecule has 0 saturated carbocycles. The van der Waals surface area contributed by atoms with E-state index in [2.05, 4.69) is 4.72 Å². The van der Waals surface area contributed by atoms with Crippen molar-refractivity contribution in [2.45, 2.75) is 10.9 Å². The number of nitrogens with one attached hydrogen (secondary N) is 1. The fraction of sp³-hybridized carbons (Fsp3) is 0.0769. The highest BCUT2D eigenvalue weighted by molar-refractivity contribution is 7.83. The third kappa shape index (κ3) is 2.04. The van der Waals surface area contributed by atoms with Gasteiger partial charge >= 0.3 is 0 Å². The summed E-state index contributed by atoms with van der Waals surface area (Å²) in [5, 5.41) is 0.409. The average Bonchev–Trinajstić information content (AvgIpc) is 2.72. The number of benzene rings is 2. The van der Waals surface area contributed by atoms with E-state index < -0.39 is 22.8 Å². The number of nitrogens with two attached hydrogens (primary N) is 1. The van der Waals surface area contributed by atoms with E-state index in [1.54, 1.807) is 18.2 Å². The van der Waals surface area contributed by atoms with Gasteiger partial charge in [-0.15, -0.1) is 0 Å². The number of rotatable bonds is 1. The minimum atomic E-state index is -1.36. The van der Waals surface area contributed by atoms with Crippen molar-refractivity contribution < 1.29 is 8.60 Å². The number of fused-ring (bicyclic) bond motifs is 1. The lowest BCUT2D eigenvalue weighted by Gasteiger charge is -2.14. The molecule has 0 saturated heterocycles. The summed E-state index contributed by atoms with van der Waals surface area (Å²) in [7, 11) is -1.36. The molecule has 2 aromatic carbocycles. The van der Waals surface area contributed by atoms with Gasteiger partial charge in [-0.2, -0.15) is 0 Å². The zero-order chi connectivity index (χ0) is 13.6. The van der Waals surface area contributed by atoms with Gasteiger partial charge in [-0.1, -0.05) is 17.7 Å². The summed E-state index contributed by atoms with van der Waals surface area (Å²) in [6.45, 7) is 0. The van der Waals surface area contributed by atoms with Gasteiger partial charge in [0.1, 0.15) is 16.8 Å². The van der Waals surface area contributed by atoms with E-state index in [0.29, 0.717) is 26.7 Å². The van der Waals surface area contributed by atoms with Gasteiger partial charge in [-0.05, 0) is 35.9 Å². The van der Waals surface area contributed by atoms with E-state index in [1.165, 1.54) is 18.2 Å². The number of hydrogen-bond donors (Lipinski definition) is 2. The lowest BCUT2D eigenvalue weighted by molar-refractivity contribution is 0.622. The largest absolute Gasteiger partial charge is 0.398 e. The van der Waals surface area contributed by atoms with Crippen molar-refractivity contribution in [2.75, 3.05) is 5.73 Å². The molecule has 2 atom stereocenters. The maximum Gasteiger partial charge on any atom is 0.126 e. The summed E-state index contributed by atoms with van der Waals surface area (Å²) in [4.78, 5) is 0.616. The van der Waals surface area contributed by atoms with Gasteiger partial charge in [0, 0.05) is 16.3 Å². The fourth-order valence-electron chi connectivity index (χ4n) is 2.22. The lowest BCUT2D eigenvalue weighted by Crippen LogP contribution is -2.17. The van der Waals surface area contributed by atoms with Crippen molar-refractivity contribution in [3.8, 4) is 0 Å². The van der Waals surface area contributed by atoms with Gasteiger partial charge in [0.15, 0.2) is 0 Å². The molecule has 1 aliphatic rings. The molecule has 2 aromatic rings. The van der Waals surface area contributed by atoms with Crippen molar-refractivity contribution in [1.82, 2.24) is 4.72 Å². The second-order valence-electron chi connectivity index (χ2n) is 4.24. The molecule has 3 nitrogen and oxygen atoms in total. The molecule has 0 fully saturated rings. The molecule has 0 spiro atoms. The van der Waals surface area contributed by atoms with Crippen LogP contribution in [-0.4, -0.2) is 4.21 Å². The summed E-state index contributed by atoms with van der Waals surface area (Å²) in [5.41, 5.74) is 7.69. The second-order valence-corrected chi connectivity index (χ2v) is 5.86. The molecule has 2 unspecified atom stereocenters. The molecule has 1 aliphatic heterocycles. The zero-order valence-corrected chi connectivity index (χ0v) is 11.3. The van der Waals surface area contributed by atoms with Gasteiger partial charge in [0.2, 0.25) is 0 Å². The summed E-state index contributed by atoms with van der Waals surface area (Å²) < 4.78 is 28.3. The molecular formula is C13H10ClFN2OS. The summed E-state index contributed by atoms with van der Waals surface area (Å²) in [6, 6.07) is 8.84. The Morgan fingerprint density at radius 2 is 2.11 bits per heavy atom. The predicted octanol–water partition coefficient (Wildman–Crippen LogP) is 2.78. The molecule has 0 bridgehead atoms. The smallest absolute Gasteiger partial charge is 0.126 e. The molecule has 0 amide bonds. The van der Waals surface area contributed by atoms with Crippen LogP contribution in [0, 0.1) is 5.82 Å². The first kappa shape index (κ1) is 12.6. The van der Waals surface area contributed by atoms with Crippen LogP contribution in [0.2, 0.25) is 5.02 Å². The molecule has 0 aromatic heterocycles. The molecule has 3 N–H and O–H groups in total. The van der Waals surface area contributed by atoms with Crippen molar-refractivity contribution in [1.29, 1.82) is 0 Å². The molecular weight excluding hydrogens is 287 g/mol. The number of hydrogen-bond acceptors (Lipinski definition) is 2. The predicted molar refractivity (Wildman–Crippen MR) is 73.7 cm³/mol. The highest BCUT2D eigenvalue weighted by Gasteiger charge is 2.32. The zero-order valence-electron chi connectivity index (χ0n) is 9.69. The van der Waals surface area contributed by atoms with Crippen molar-refractivity contribution in [3.05, 3.63) is 58.4 Å². The van der Waals surface area contributed by atoms with Crippen LogP contribution in [0.5, 0.6) is 0 Å². The summed E-state index contributed by atoms with van der Waals surface area (Å²) in [5.74, 6) is -0.394.